The van der Waals surface area contributed by atoms with Crippen LogP contribution in [-0.2, 0) is 27.3 Å². The average molecular weight is 624 g/mol. The van der Waals surface area contributed by atoms with Crippen molar-refractivity contribution in [2.24, 2.45) is 0 Å². The minimum atomic E-state index is -1.39. The molecular weight excluding hydrogens is 590 g/mol. The molecule has 5 N–H and O–H groups in total. The van der Waals surface area contributed by atoms with Gasteiger partial charge in [0.05, 0.1) is 17.4 Å². The second-order valence-electron chi connectivity index (χ2n) is 10.7. The first-order valence-corrected chi connectivity index (χ1v) is 14.4. The van der Waals surface area contributed by atoms with Crippen molar-refractivity contribution in [1.82, 2.24) is 20.6 Å². The zero-order valence-corrected chi connectivity index (χ0v) is 25.0. The highest BCUT2D eigenvalue weighted by Gasteiger charge is 2.25. The number of aromatic amines is 1. The highest BCUT2D eigenvalue weighted by molar-refractivity contribution is 5.97. The lowest BCUT2D eigenvalue weighted by Crippen LogP contribution is -2.44. The monoisotopic (exact) mass is 623 g/mol. The zero-order valence-electron chi connectivity index (χ0n) is 25.0. The highest BCUT2D eigenvalue weighted by Crippen LogP contribution is 2.20. The Morgan fingerprint density at radius 3 is 2.28 bits per heavy atom. The van der Waals surface area contributed by atoms with E-state index in [4.69, 9.17) is 6.42 Å². The molecule has 236 valence electrons. The van der Waals surface area contributed by atoms with E-state index in [-0.39, 0.29) is 36.9 Å². The lowest BCUT2D eigenvalue weighted by Gasteiger charge is -2.23. The maximum absolute atomic E-state index is 12.9. The molecule has 0 fully saturated rings. The summed E-state index contributed by atoms with van der Waals surface area (Å²) < 4.78 is 0. The van der Waals surface area contributed by atoms with Crippen LogP contribution >= 0.6 is 0 Å². The molecule has 0 aliphatic carbocycles. The molecule has 12 heteroatoms. The van der Waals surface area contributed by atoms with Gasteiger partial charge in [0.25, 0.3) is 11.5 Å². The topological polar surface area (TPSA) is 182 Å². The molecule has 4 rings (SSSR count). The minimum absolute atomic E-state index is 0.0645. The second kappa shape index (κ2) is 15.2. The number of nitrogens with zero attached hydrogens (tertiary/aromatic N) is 2. The summed E-state index contributed by atoms with van der Waals surface area (Å²) in [5.41, 5.74) is 2.77. The number of benzene rings is 3. The van der Waals surface area contributed by atoms with Crippen LogP contribution in [0.2, 0.25) is 0 Å². The van der Waals surface area contributed by atoms with Gasteiger partial charge in [0.15, 0.2) is 0 Å². The van der Waals surface area contributed by atoms with Crippen LogP contribution in [0.3, 0.4) is 0 Å². The molecule has 0 bridgehead atoms. The normalized spacial score (nSPS) is 12.0. The molecule has 2 amide bonds. The zero-order chi connectivity index (χ0) is 33.2. The Hall–Kier alpha value is -5.96. The van der Waals surface area contributed by atoms with Gasteiger partial charge in [0, 0.05) is 30.6 Å². The number of nitrogens with one attached hydrogen (secondary N) is 3. The molecule has 1 aromatic heterocycles. The molecule has 0 saturated heterocycles. The van der Waals surface area contributed by atoms with Crippen molar-refractivity contribution in [3.8, 4) is 12.3 Å². The van der Waals surface area contributed by atoms with Crippen LogP contribution in [0.15, 0.2) is 77.6 Å². The third kappa shape index (κ3) is 8.79. The number of carboxylic acid groups (broad SMARTS) is 2. The van der Waals surface area contributed by atoms with Crippen LogP contribution in [0.5, 0.6) is 0 Å². The molecule has 46 heavy (non-hydrogen) atoms. The molecule has 4 aromatic rings. The SMILES string of the molecule is C#CCN(Cc1ccc2nc(C)[nH]c(=O)c2c1)c1ccc(C(=O)N[C@@H](CCC(=O)N[C@H](Cc2ccccc2)C(=O)O)C(=O)O)cc1. The van der Waals surface area contributed by atoms with Gasteiger partial charge in [-0.3, -0.25) is 14.4 Å². The van der Waals surface area contributed by atoms with Gasteiger partial charge >= 0.3 is 11.9 Å². The molecule has 1 heterocycles. The van der Waals surface area contributed by atoms with Crippen LogP contribution in [0.4, 0.5) is 5.69 Å². The van der Waals surface area contributed by atoms with Gasteiger partial charge in [-0.2, -0.15) is 0 Å². The molecule has 0 radical (unpaired) electrons. The summed E-state index contributed by atoms with van der Waals surface area (Å²) in [6, 6.07) is 18.0. The fourth-order valence-electron chi connectivity index (χ4n) is 4.88. The van der Waals surface area contributed by atoms with Crippen molar-refractivity contribution in [2.45, 2.75) is 44.8 Å². The van der Waals surface area contributed by atoms with Gasteiger partial charge in [0.1, 0.15) is 17.9 Å². The molecule has 0 aliphatic rings. The van der Waals surface area contributed by atoms with E-state index in [1.54, 1.807) is 61.5 Å². The first-order valence-electron chi connectivity index (χ1n) is 14.4. The first kappa shape index (κ1) is 32.9. The van der Waals surface area contributed by atoms with E-state index in [0.29, 0.717) is 29.0 Å². The summed E-state index contributed by atoms with van der Waals surface area (Å²) in [4.78, 5) is 70.2. The average Bonchev–Trinajstić information content (AvgIpc) is 3.03. The van der Waals surface area contributed by atoms with E-state index in [1.807, 2.05) is 11.0 Å². The molecule has 0 spiro atoms. The molecule has 0 aliphatic heterocycles. The maximum Gasteiger partial charge on any atom is 0.326 e. The predicted octanol–water partition coefficient (Wildman–Crippen LogP) is 2.65. The van der Waals surface area contributed by atoms with Gasteiger partial charge in [-0.15, -0.1) is 6.42 Å². The van der Waals surface area contributed by atoms with Crippen molar-refractivity contribution in [1.29, 1.82) is 0 Å². The molecular formula is C34H33N5O7. The number of aliphatic carboxylic acids is 2. The number of rotatable bonds is 14. The standard InChI is InChI=1S/C34H33N5O7/c1-3-17-39(20-23-9-14-27-26(18-23)32(42)36-21(2)35-27)25-12-10-24(11-13-25)31(41)38-28(33(43)44)15-16-30(40)37-29(34(45)46)19-22-7-5-4-6-8-22/h1,4-14,18,28-29H,15-17,19-20H2,2H3,(H,37,40)(H,38,41)(H,43,44)(H,45,46)(H,35,36,42)/t28-,29+/m0/s1. The number of fused-ring (bicyclic) bond motifs is 1. The number of terminal acetylenes is 1. The van der Waals surface area contributed by atoms with Crippen LogP contribution in [0, 0.1) is 19.3 Å². The fourth-order valence-corrected chi connectivity index (χ4v) is 4.88. The van der Waals surface area contributed by atoms with Crippen LogP contribution in [-0.4, -0.2) is 62.6 Å². The Bertz CT molecular complexity index is 1830. The second-order valence-corrected chi connectivity index (χ2v) is 10.7. The van der Waals surface area contributed by atoms with Crippen LogP contribution < -0.4 is 21.1 Å². The van der Waals surface area contributed by atoms with Gasteiger partial charge < -0.3 is 30.7 Å². The van der Waals surface area contributed by atoms with E-state index in [9.17, 15) is 34.2 Å². The summed E-state index contributed by atoms with van der Waals surface area (Å²) in [6.07, 6.45) is 5.11. The fraction of sp³-hybridized carbons (Fsp3) is 0.235. The summed E-state index contributed by atoms with van der Waals surface area (Å²) in [5.74, 6) is -0.736. The van der Waals surface area contributed by atoms with Crippen molar-refractivity contribution in [2.75, 3.05) is 11.4 Å². The number of anilines is 1. The van der Waals surface area contributed by atoms with Crippen LogP contribution in [0.1, 0.15) is 40.2 Å². The third-order valence-corrected chi connectivity index (χ3v) is 7.22. The minimum Gasteiger partial charge on any atom is -0.480 e. The molecule has 2 atom stereocenters. The van der Waals surface area contributed by atoms with Crippen molar-refractivity contribution < 1.29 is 29.4 Å². The Kier molecular flexibility index (Phi) is 10.9. The lowest BCUT2D eigenvalue weighted by molar-refractivity contribution is -0.142. The Morgan fingerprint density at radius 2 is 1.63 bits per heavy atom. The molecule has 0 unspecified atom stereocenters. The lowest BCUT2D eigenvalue weighted by atomic mass is 10.1. The van der Waals surface area contributed by atoms with Gasteiger partial charge in [-0.05, 0) is 60.9 Å². The largest absolute Gasteiger partial charge is 0.480 e. The number of H-pyrrole nitrogens is 1. The molecule has 3 aromatic carbocycles. The van der Waals surface area contributed by atoms with Gasteiger partial charge in [-0.25, -0.2) is 14.6 Å². The molecule has 12 nitrogen and oxygen atoms in total. The number of carbonyl (C=O) groups excluding carboxylic acids is 2. The smallest absolute Gasteiger partial charge is 0.326 e. The Morgan fingerprint density at radius 1 is 0.935 bits per heavy atom. The number of aryl methyl sites for hydroxylation is 1. The number of aromatic nitrogens is 2. The third-order valence-electron chi connectivity index (χ3n) is 7.22. The number of hydrogen-bond acceptors (Lipinski definition) is 7. The van der Waals surface area contributed by atoms with E-state index in [1.165, 1.54) is 12.1 Å². The summed E-state index contributed by atoms with van der Waals surface area (Å²) in [6.45, 7) is 2.32. The summed E-state index contributed by atoms with van der Waals surface area (Å²) >= 11 is 0. The van der Waals surface area contributed by atoms with E-state index in [2.05, 4.69) is 26.5 Å². The van der Waals surface area contributed by atoms with Crippen LogP contribution in [0.25, 0.3) is 10.9 Å². The first-order chi connectivity index (χ1) is 22.0. The van der Waals surface area contributed by atoms with Crippen molar-refractivity contribution in [3.63, 3.8) is 0 Å². The Balaban J connectivity index is 1.37. The van der Waals surface area contributed by atoms with Crippen molar-refractivity contribution in [3.05, 3.63) is 106 Å². The summed E-state index contributed by atoms with van der Waals surface area (Å²) in [5, 5.41) is 24.5. The van der Waals surface area contributed by atoms with Gasteiger partial charge in [-0.1, -0.05) is 42.3 Å². The van der Waals surface area contributed by atoms with E-state index in [0.717, 1.165) is 11.1 Å². The quantitative estimate of drug-likeness (QED) is 0.132. The Labute approximate surface area is 264 Å². The van der Waals surface area contributed by atoms with E-state index < -0.39 is 35.8 Å². The van der Waals surface area contributed by atoms with Gasteiger partial charge in [0.2, 0.25) is 5.91 Å². The van der Waals surface area contributed by atoms with E-state index >= 15 is 0 Å². The molecule has 0 saturated carbocycles. The summed E-state index contributed by atoms with van der Waals surface area (Å²) in [7, 11) is 0. The number of carboxylic acids is 2. The predicted molar refractivity (Wildman–Crippen MR) is 171 cm³/mol. The number of carbonyl (C=O) groups is 4. The number of amides is 2. The highest BCUT2D eigenvalue weighted by atomic mass is 16.4. The maximum atomic E-state index is 12.9. The van der Waals surface area contributed by atoms with Crippen molar-refractivity contribution >= 4 is 40.3 Å². The number of hydrogen-bond donors (Lipinski definition) is 5.